The average molecular weight is 378 g/mol. The molecule has 0 fully saturated rings. The van der Waals surface area contributed by atoms with Crippen LogP contribution in [-0.2, 0) is 19.7 Å². The van der Waals surface area contributed by atoms with Crippen molar-refractivity contribution in [2.24, 2.45) is 0 Å². The van der Waals surface area contributed by atoms with Gasteiger partial charge in [-0.05, 0) is 35.9 Å². The van der Waals surface area contributed by atoms with E-state index < -0.39 is 0 Å². The van der Waals surface area contributed by atoms with Crippen molar-refractivity contribution >= 4 is 22.6 Å². The second-order valence-electron chi connectivity index (χ2n) is 6.33. The number of para-hydroxylation sites is 2. The van der Waals surface area contributed by atoms with Gasteiger partial charge in [0.25, 0.3) is 0 Å². The monoisotopic (exact) mass is 377 g/mol. The average Bonchev–Trinajstić information content (AvgIpc) is 3.11. The number of H-pyrrole nitrogens is 1. The van der Waals surface area contributed by atoms with Crippen LogP contribution in [0, 0.1) is 0 Å². The fraction of sp³-hybridized carbons (Fsp3) is 0.136. The summed E-state index contributed by atoms with van der Waals surface area (Å²) in [6.07, 6.45) is 0. The second-order valence-corrected chi connectivity index (χ2v) is 6.77. The summed E-state index contributed by atoms with van der Waals surface area (Å²) >= 11 is 6.18. The lowest BCUT2D eigenvalue weighted by molar-refractivity contribution is 0.302. The topological polar surface area (TPSA) is 49.9 Å². The Balaban J connectivity index is 1.40. The van der Waals surface area contributed by atoms with Gasteiger partial charge in [-0.3, -0.25) is 0 Å². The first-order valence-corrected chi connectivity index (χ1v) is 9.25. The highest BCUT2D eigenvalue weighted by molar-refractivity contribution is 6.30. The molecular formula is C22H20ClN3O. The molecule has 0 aliphatic heterocycles. The molecule has 3 aromatic carbocycles. The molecule has 0 saturated carbocycles. The van der Waals surface area contributed by atoms with Gasteiger partial charge in [-0.1, -0.05) is 54.1 Å². The lowest BCUT2D eigenvalue weighted by atomic mass is 10.2. The summed E-state index contributed by atoms with van der Waals surface area (Å²) in [5, 5.41) is 4.11. The number of benzene rings is 3. The molecule has 0 radical (unpaired) electrons. The van der Waals surface area contributed by atoms with Crippen LogP contribution in [0.3, 0.4) is 0 Å². The number of imidazole rings is 1. The fourth-order valence-electron chi connectivity index (χ4n) is 2.97. The predicted octanol–water partition coefficient (Wildman–Crippen LogP) is 5.09. The van der Waals surface area contributed by atoms with Crippen LogP contribution in [0.25, 0.3) is 11.0 Å². The van der Waals surface area contributed by atoms with Crippen molar-refractivity contribution in [2.45, 2.75) is 19.7 Å². The minimum absolute atomic E-state index is 0.527. The molecule has 0 amide bonds. The molecule has 4 aromatic rings. The van der Waals surface area contributed by atoms with Gasteiger partial charge >= 0.3 is 0 Å². The van der Waals surface area contributed by atoms with E-state index in [0.29, 0.717) is 24.7 Å². The first-order valence-electron chi connectivity index (χ1n) is 8.87. The third-order valence-corrected chi connectivity index (χ3v) is 4.54. The summed E-state index contributed by atoms with van der Waals surface area (Å²) < 4.78 is 6.01. The van der Waals surface area contributed by atoms with Gasteiger partial charge in [-0.2, -0.15) is 0 Å². The van der Waals surface area contributed by atoms with Crippen LogP contribution in [-0.4, -0.2) is 9.97 Å². The first-order chi connectivity index (χ1) is 13.3. The Hall–Kier alpha value is -2.82. The Morgan fingerprint density at radius 3 is 2.59 bits per heavy atom. The van der Waals surface area contributed by atoms with Crippen LogP contribution in [0.4, 0.5) is 0 Å². The zero-order valence-electron chi connectivity index (χ0n) is 14.8. The first kappa shape index (κ1) is 17.6. The summed E-state index contributed by atoms with van der Waals surface area (Å²) in [6.45, 7) is 1.81. The van der Waals surface area contributed by atoms with Crippen molar-refractivity contribution in [1.82, 2.24) is 15.3 Å². The quantitative estimate of drug-likeness (QED) is 0.472. The van der Waals surface area contributed by atoms with E-state index in [1.807, 2.05) is 60.7 Å². The third-order valence-electron chi connectivity index (χ3n) is 4.31. The summed E-state index contributed by atoms with van der Waals surface area (Å²) in [6, 6.07) is 23.8. The van der Waals surface area contributed by atoms with Gasteiger partial charge in [0.1, 0.15) is 18.2 Å². The van der Waals surface area contributed by atoms with Crippen molar-refractivity contribution < 1.29 is 4.74 Å². The fourth-order valence-corrected chi connectivity index (χ4v) is 3.16. The van der Waals surface area contributed by atoms with Gasteiger partial charge in [0.15, 0.2) is 0 Å². The number of aromatic amines is 1. The summed E-state index contributed by atoms with van der Waals surface area (Å²) in [7, 11) is 0. The van der Waals surface area contributed by atoms with Crippen molar-refractivity contribution in [3.63, 3.8) is 0 Å². The maximum absolute atomic E-state index is 6.18. The van der Waals surface area contributed by atoms with Crippen LogP contribution >= 0.6 is 11.6 Å². The standard InChI is InChI=1S/C22H20ClN3O/c23-18-10-11-21(27-15-16-6-2-1-3-7-16)17(12-18)13-24-14-22-25-19-8-4-5-9-20(19)26-22/h1-12,24H,13-15H2,(H,25,26). The molecule has 0 aliphatic rings. The molecule has 2 N–H and O–H groups in total. The highest BCUT2D eigenvalue weighted by Gasteiger charge is 2.07. The van der Waals surface area contributed by atoms with E-state index in [0.717, 1.165) is 33.7 Å². The molecule has 1 aromatic heterocycles. The van der Waals surface area contributed by atoms with Crippen molar-refractivity contribution in [3.05, 3.63) is 94.8 Å². The zero-order valence-corrected chi connectivity index (χ0v) is 15.5. The maximum Gasteiger partial charge on any atom is 0.124 e. The molecule has 4 nitrogen and oxygen atoms in total. The largest absolute Gasteiger partial charge is 0.489 e. The van der Waals surface area contributed by atoms with E-state index >= 15 is 0 Å². The molecule has 4 rings (SSSR count). The molecule has 5 heteroatoms. The van der Waals surface area contributed by atoms with E-state index in [2.05, 4.69) is 27.4 Å². The number of rotatable bonds is 7. The number of hydrogen-bond donors (Lipinski definition) is 2. The van der Waals surface area contributed by atoms with Crippen LogP contribution < -0.4 is 10.1 Å². The van der Waals surface area contributed by atoms with Crippen LogP contribution in [0.15, 0.2) is 72.8 Å². The second kappa shape index (κ2) is 8.25. The molecule has 0 bridgehead atoms. The van der Waals surface area contributed by atoms with Gasteiger partial charge in [-0.25, -0.2) is 4.98 Å². The van der Waals surface area contributed by atoms with E-state index in [1.165, 1.54) is 0 Å². The molecule has 0 saturated heterocycles. The van der Waals surface area contributed by atoms with Crippen LogP contribution in [0.5, 0.6) is 5.75 Å². The number of fused-ring (bicyclic) bond motifs is 1. The third kappa shape index (κ3) is 4.48. The zero-order chi connectivity index (χ0) is 18.5. The van der Waals surface area contributed by atoms with Gasteiger partial charge in [-0.15, -0.1) is 0 Å². The molecular weight excluding hydrogens is 358 g/mol. The molecule has 0 atom stereocenters. The highest BCUT2D eigenvalue weighted by Crippen LogP contribution is 2.24. The number of nitrogens with zero attached hydrogens (tertiary/aromatic N) is 1. The molecule has 0 spiro atoms. The summed E-state index contributed by atoms with van der Waals surface area (Å²) in [5.41, 5.74) is 4.18. The SMILES string of the molecule is Clc1ccc(OCc2ccccc2)c(CNCc2nc3ccccc3[nH]2)c1. The number of aromatic nitrogens is 2. The maximum atomic E-state index is 6.18. The van der Waals surface area contributed by atoms with Gasteiger partial charge in [0, 0.05) is 17.1 Å². The van der Waals surface area contributed by atoms with Crippen LogP contribution in [0.1, 0.15) is 17.0 Å². The molecule has 136 valence electrons. The highest BCUT2D eigenvalue weighted by atomic mass is 35.5. The molecule has 0 aliphatic carbocycles. The summed E-state index contributed by atoms with van der Waals surface area (Å²) in [4.78, 5) is 7.91. The van der Waals surface area contributed by atoms with Gasteiger partial charge in [0.2, 0.25) is 0 Å². The molecule has 27 heavy (non-hydrogen) atoms. The Bertz CT molecular complexity index is 997. The lowest BCUT2D eigenvalue weighted by Crippen LogP contribution is -2.14. The number of ether oxygens (including phenoxy) is 1. The minimum Gasteiger partial charge on any atom is -0.489 e. The minimum atomic E-state index is 0.527. The number of hydrogen-bond acceptors (Lipinski definition) is 3. The molecule has 0 unspecified atom stereocenters. The predicted molar refractivity (Wildman–Crippen MR) is 109 cm³/mol. The van der Waals surface area contributed by atoms with E-state index in [9.17, 15) is 0 Å². The van der Waals surface area contributed by atoms with E-state index in [1.54, 1.807) is 0 Å². The number of nitrogens with one attached hydrogen (secondary N) is 2. The van der Waals surface area contributed by atoms with Crippen molar-refractivity contribution in [2.75, 3.05) is 0 Å². The van der Waals surface area contributed by atoms with Gasteiger partial charge < -0.3 is 15.0 Å². The Kier molecular flexibility index (Phi) is 5.37. The van der Waals surface area contributed by atoms with E-state index in [-0.39, 0.29) is 0 Å². The van der Waals surface area contributed by atoms with E-state index in [4.69, 9.17) is 16.3 Å². The Labute approximate surface area is 163 Å². The lowest BCUT2D eigenvalue weighted by Gasteiger charge is -2.12. The van der Waals surface area contributed by atoms with Gasteiger partial charge in [0.05, 0.1) is 17.6 Å². The Morgan fingerprint density at radius 1 is 0.926 bits per heavy atom. The summed E-state index contributed by atoms with van der Waals surface area (Å²) in [5.74, 6) is 1.74. The number of halogens is 1. The van der Waals surface area contributed by atoms with Crippen LogP contribution in [0.2, 0.25) is 5.02 Å². The Morgan fingerprint density at radius 2 is 1.74 bits per heavy atom. The van der Waals surface area contributed by atoms with Crippen molar-refractivity contribution in [3.8, 4) is 5.75 Å². The molecule has 1 heterocycles. The smallest absolute Gasteiger partial charge is 0.124 e. The van der Waals surface area contributed by atoms with Crippen molar-refractivity contribution in [1.29, 1.82) is 0 Å². The normalized spacial score (nSPS) is 11.0.